The summed E-state index contributed by atoms with van der Waals surface area (Å²) in [6, 6.07) is 12.4. The van der Waals surface area contributed by atoms with Gasteiger partial charge in [0.05, 0.1) is 11.3 Å². The van der Waals surface area contributed by atoms with Crippen LogP contribution < -0.4 is 0 Å². The summed E-state index contributed by atoms with van der Waals surface area (Å²) in [6.07, 6.45) is 2.07. The third kappa shape index (κ3) is 6.43. The first kappa shape index (κ1) is 21.5. The van der Waals surface area contributed by atoms with Crippen molar-refractivity contribution in [2.24, 2.45) is 0 Å². The van der Waals surface area contributed by atoms with Gasteiger partial charge in [-0.1, -0.05) is 47.2 Å². The minimum absolute atomic E-state index is 0.00262. The highest BCUT2D eigenvalue weighted by molar-refractivity contribution is 7.87. The molecule has 2 aromatic rings. The molecule has 146 valence electrons. The monoisotopic (exact) mass is 418 g/mol. The summed E-state index contributed by atoms with van der Waals surface area (Å²) in [5.74, 6) is 7.49. The molecule has 0 atom stereocenters. The molecule has 0 spiro atoms. The van der Waals surface area contributed by atoms with Crippen LogP contribution in [0.1, 0.15) is 17.5 Å². The predicted octanol–water partition coefficient (Wildman–Crippen LogP) is 2.77. The van der Waals surface area contributed by atoms with Gasteiger partial charge in [0.25, 0.3) is 10.1 Å². The number of hydrogen-bond donors (Lipinski definition) is 0. The van der Waals surface area contributed by atoms with Crippen LogP contribution in [0.5, 0.6) is 0 Å². The Morgan fingerprint density at radius 3 is 1.75 bits per heavy atom. The van der Waals surface area contributed by atoms with Crippen LogP contribution in [-0.2, 0) is 28.6 Å². The van der Waals surface area contributed by atoms with Crippen molar-refractivity contribution in [1.82, 2.24) is 0 Å². The van der Waals surface area contributed by atoms with E-state index in [1.807, 2.05) is 13.8 Å². The molecule has 0 heterocycles. The van der Waals surface area contributed by atoms with Crippen molar-refractivity contribution < 1.29 is 25.2 Å². The van der Waals surface area contributed by atoms with Gasteiger partial charge < -0.3 is 4.18 Å². The molecule has 28 heavy (non-hydrogen) atoms. The van der Waals surface area contributed by atoms with E-state index in [2.05, 4.69) is 28.1 Å². The maximum atomic E-state index is 11.9. The lowest BCUT2D eigenvalue weighted by Gasteiger charge is -2.02. The third-order valence-corrected chi connectivity index (χ3v) is 5.86. The fourth-order valence-corrected chi connectivity index (χ4v) is 3.47. The second-order valence-corrected chi connectivity index (χ2v) is 8.85. The molecule has 0 aliphatic heterocycles. The fraction of sp³-hybridized carbons (Fsp3) is 0.200. The molecule has 0 aliphatic carbocycles. The van der Waals surface area contributed by atoms with E-state index < -0.39 is 20.2 Å². The maximum Gasteiger partial charge on any atom is 0.347 e. The molecule has 2 rings (SSSR count). The van der Waals surface area contributed by atoms with E-state index in [1.54, 1.807) is 24.3 Å². The second-order valence-electron chi connectivity index (χ2n) is 5.69. The SMILES string of the molecule is Cc1ccc(S(=O)(=O)OC#CCC#CCOS(=O)(=O)c2ccc(C)cc2)cc1. The molecule has 0 bridgehead atoms. The number of rotatable bonds is 5. The molecule has 2 aromatic carbocycles. The lowest BCUT2D eigenvalue weighted by atomic mass is 10.2. The first-order valence-corrected chi connectivity index (χ1v) is 10.9. The van der Waals surface area contributed by atoms with E-state index in [0.717, 1.165) is 11.1 Å². The smallest absolute Gasteiger partial charge is 0.324 e. The Morgan fingerprint density at radius 2 is 1.21 bits per heavy atom. The predicted molar refractivity (Wildman–Crippen MR) is 104 cm³/mol. The molecular formula is C20H18O6S2. The van der Waals surface area contributed by atoms with Crippen molar-refractivity contribution in [3.05, 3.63) is 59.7 Å². The van der Waals surface area contributed by atoms with Gasteiger partial charge in [0.2, 0.25) is 0 Å². The van der Waals surface area contributed by atoms with E-state index in [1.165, 1.54) is 24.3 Å². The quantitative estimate of drug-likeness (QED) is 0.548. The van der Waals surface area contributed by atoms with Gasteiger partial charge in [-0.15, -0.1) is 0 Å². The topological polar surface area (TPSA) is 86.7 Å². The molecule has 0 aromatic heterocycles. The number of hydrogen-bond acceptors (Lipinski definition) is 6. The van der Waals surface area contributed by atoms with Crippen LogP contribution in [0.3, 0.4) is 0 Å². The zero-order valence-electron chi connectivity index (χ0n) is 15.3. The van der Waals surface area contributed by atoms with Crippen LogP contribution in [0.15, 0.2) is 58.3 Å². The van der Waals surface area contributed by atoms with Crippen molar-refractivity contribution in [3.63, 3.8) is 0 Å². The molecule has 8 heteroatoms. The van der Waals surface area contributed by atoms with E-state index in [0.29, 0.717) is 0 Å². The Balaban J connectivity index is 1.83. The van der Waals surface area contributed by atoms with Crippen LogP contribution in [0.4, 0.5) is 0 Å². The van der Waals surface area contributed by atoms with E-state index in [4.69, 9.17) is 4.18 Å². The van der Waals surface area contributed by atoms with Crippen LogP contribution in [0.25, 0.3) is 0 Å². The number of benzene rings is 2. The van der Waals surface area contributed by atoms with Gasteiger partial charge in [-0.2, -0.15) is 16.8 Å². The molecule has 0 saturated heterocycles. The average Bonchev–Trinajstić information content (AvgIpc) is 2.64. The van der Waals surface area contributed by atoms with Crippen LogP contribution in [0.2, 0.25) is 0 Å². The van der Waals surface area contributed by atoms with Gasteiger partial charge in [0.15, 0.2) is 0 Å². The molecule has 0 amide bonds. The molecule has 0 saturated carbocycles. The highest BCUT2D eigenvalue weighted by atomic mass is 32.2. The second kappa shape index (κ2) is 9.43. The minimum Gasteiger partial charge on any atom is -0.324 e. The Bertz CT molecular complexity index is 1140. The Hall–Kier alpha value is -2.78. The molecule has 0 unspecified atom stereocenters. The van der Waals surface area contributed by atoms with Crippen LogP contribution in [-0.4, -0.2) is 23.4 Å². The van der Waals surface area contributed by atoms with Crippen molar-refractivity contribution in [1.29, 1.82) is 0 Å². The summed E-state index contributed by atoms with van der Waals surface area (Å²) in [4.78, 5) is 0.0580. The third-order valence-electron chi connectivity index (χ3n) is 3.43. The normalized spacial score (nSPS) is 10.9. The summed E-state index contributed by atoms with van der Waals surface area (Å²) in [5.41, 5.74) is 1.86. The molecule has 0 radical (unpaired) electrons. The van der Waals surface area contributed by atoms with Gasteiger partial charge >= 0.3 is 10.1 Å². The Labute approximate surface area is 165 Å². The van der Waals surface area contributed by atoms with Crippen molar-refractivity contribution in [2.45, 2.75) is 30.1 Å². The first-order chi connectivity index (χ1) is 13.2. The lowest BCUT2D eigenvalue weighted by Crippen LogP contribution is -2.06. The Kier molecular flexibility index (Phi) is 7.24. The summed E-state index contributed by atoms with van der Waals surface area (Å²) < 4.78 is 57.1. The fourth-order valence-electron chi connectivity index (χ4n) is 1.91. The maximum absolute atomic E-state index is 11.9. The largest absolute Gasteiger partial charge is 0.347 e. The highest BCUT2D eigenvalue weighted by Gasteiger charge is 2.14. The van der Waals surface area contributed by atoms with Gasteiger partial charge in [0, 0.05) is 0 Å². The summed E-state index contributed by atoms with van der Waals surface area (Å²) >= 11 is 0. The summed E-state index contributed by atoms with van der Waals surface area (Å²) in [5, 5.41) is 0. The summed E-state index contributed by atoms with van der Waals surface area (Å²) in [7, 11) is -7.82. The van der Waals surface area contributed by atoms with E-state index >= 15 is 0 Å². The average molecular weight is 418 g/mol. The molecule has 0 aliphatic rings. The molecule has 6 nitrogen and oxygen atoms in total. The number of aryl methyl sites for hydroxylation is 2. The van der Waals surface area contributed by atoms with Gasteiger partial charge in [0.1, 0.15) is 17.6 Å². The molecular weight excluding hydrogens is 400 g/mol. The van der Waals surface area contributed by atoms with Gasteiger partial charge in [-0.25, -0.2) is 0 Å². The minimum atomic E-state index is -3.95. The van der Waals surface area contributed by atoms with Crippen LogP contribution >= 0.6 is 0 Å². The van der Waals surface area contributed by atoms with Gasteiger partial charge in [-0.3, -0.25) is 4.18 Å². The van der Waals surface area contributed by atoms with Crippen molar-refractivity contribution in [3.8, 4) is 23.9 Å². The zero-order chi connectivity index (χ0) is 20.6. The van der Waals surface area contributed by atoms with Crippen molar-refractivity contribution >= 4 is 20.2 Å². The van der Waals surface area contributed by atoms with Gasteiger partial charge in [-0.05, 0) is 44.0 Å². The Morgan fingerprint density at radius 1 is 0.714 bits per heavy atom. The molecule has 0 fully saturated rings. The van der Waals surface area contributed by atoms with Crippen molar-refractivity contribution in [2.75, 3.05) is 6.61 Å². The zero-order valence-corrected chi connectivity index (χ0v) is 16.9. The highest BCUT2D eigenvalue weighted by Crippen LogP contribution is 2.13. The summed E-state index contributed by atoms with van der Waals surface area (Å²) in [6.45, 7) is 3.35. The van der Waals surface area contributed by atoms with E-state index in [9.17, 15) is 16.8 Å². The lowest BCUT2D eigenvalue weighted by molar-refractivity contribution is 0.363. The first-order valence-electron chi connectivity index (χ1n) is 8.10. The standard InChI is InChI=1S/C20H18O6S2/c1-17-7-11-19(12-8-17)27(21,22)25-15-5-3-4-6-16-26-28(23,24)20-13-9-18(2)10-14-20/h7-14H,3,16H2,1-2H3. The van der Waals surface area contributed by atoms with E-state index in [-0.39, 0.29) is 22.8 Å². The van der Waals surface area contributed by atoms with Crippen LogP contribution in [0, 0.1) is 37.7 Å². The molecule has 0 N–H and O–H groups in total.